The van der Waals surface area contributed by atoms with Crippen molar-refractivity contribution < 1.29 is 5.11 Å². The van der Waals surface area contributed by atoms with Crippen LogP contribution < -0.4 is 5.32 Å². The lowest BCUT2D eigenvalue weighted by atomic mass is 10.2. The van der Waals surface area contributed by atoms with E-state index in [0.29, 0.717) is 6.04 Å². The summed E-state index contributed by atoms with van der Waals surface area (Å²) in [6, 6.07) is 0.397. The van der Waals surface area contributed by atoms with Crippen molar-refractivity contribution in [2.75, 3.05) is 12.9 Å². The molecule has 0 heterocycles. The smallest absolute Gasteiger partial charge is 0.131 e. The monoisotopic (exact) mass is 254 g/mol. The summed E-state index contributed by atoms with van der Waals surface area (Å²) in [4.78, 5) is 4.71. The average molecular weight is 254 g/mol. The second-order valence-electron chi connectivity index (χ2n) is 4.14. The molecule has 0 amide bonds. The Bertz CT molecular complexity index is 317. The molecule has 0 aromatic carbocycles. The summed E-state index contributed by atoms with van der Waals surface area (Å²) in [5.74, 6) is 0.779. The molecule has 0 unspecified atom stereocenters. The van der Waals surface area contributed by atoms with E-state index in [1.165, 1.54) is 12.8 Å². The number of aliphatic imine (C=N–C) groups is 1. The topological polar surface area (TPSA) is 44.6 Å². The van der Waals surface area contributed by atoms with E-state index in [4.69, 9.17) is 4.99 Å². The van der Waals surface area contributed by atoms with E-state index in [0.717, 1.165) is 29.3 Å². The number of aliphatic hydroxyl groups is 1. The number of nitrogens with one attached hydrogen (secondary N) is 1. The maximum Gasteiger partial charge on any atom is 0.131 e. The van der Waals surface area contributed by atoms with Crippen molar-refractivity contribution >= 4 is 17.6 Å². The number of hydrogen-bond acceptors (Lipinski definition) is 3. The van der Waals surface area contributed by atoms with Gasteiger partial charge in [0.2, 0.25) is 0 Å². The third kappa shape index (κ3) is 4.56. The number of thioether (sulfide) groups is 1. The predicted molar refractivity (Wildman–Crippen MR) is 76.3 cm³/mol. The molecule has 0 radical (unpaired) electrons. The number of allylic oxidation sites excluding steroid dienone is 1. The SMILES string of the molecule is C=C(NC(=NC1CCCC1)/C(=C\C)CO)SC. The summed E-state index contributed by atoms with van der Waals surface area (Å²) in [6.45, 7) is 5.83. The first-order chi connectivity index (χ1) is 8.21. The highest BCUT2D eigenvalue weighted by Gasteiger charge is 2.16. The van der Waals surface area contributed by atoms with Crippen LogP contribution in [0.25, 0.3) is 0 Å². The van der Waals surface area contributed by atoms with Crippen LogP contribution in [0.2, 0.25) is 0 Å². The Balaban J connectivity index is 2.80. The Kier molecular flexibility index (Phi) is 6.37. The Labute approximate surface area is 108 Å². The first-order valence-electron chi connectivity index (χ1n) is 6.05. The molecule has 0 aromatic rings. The molecule has 0 atom stereocenters. The molecule has 96 valence electrons. The Morgan fingerprint density at radius 2 is 2.18 bits per heavy atom. The van der Waals surface area contributed by atoms with Gasteiger partial charge >= 0.3 is 0 Å². The molecule has 17 heavy (non-hydrogen) atoms. The van der Waals surface area contributed by atoms with Gasteiger partial charge in [0.1, 0.15) is 5.84 Å². The number of hydrogen-bond donors (Lipinski definition) is 2. The second kappa shape index (κ2) is 7.56. The van der Waals surface area contributed by atoms with Gasteiger partial charge in [-0.05, 0) is 26.0 Å². The summed E-state index contributed by atoms with van der Waals surface area (Å²) in [6.07, 6.45) is 8.69. The van der Waals surface area contributed by atoms with E-state index < -0.39 is 0 Å². The minimum absolute atomic E-state index is 0.0106. The highest BCUT2D eigenvalue weighted by Crippen LogP contribution is 2.21. The molecule has 0 spiro atoms. The lowest BCUT2D eigenvalue weighted by Gasteiger charge is -2.14. The molecule has 2 N–H and O–H groups in total. The van der Waals surface area contributed by atoms with Gasteiger partial charge in [-0.2, -0.15) is 0 Å². The quantitative estimate of drug-likeness (QED) is 0.585. The van der Waals surface area contributed by atoms with Crippen molar-refractivity contribution in [1.82, 2.24) is 5.32 Å². The number of amidine groups is 1. The zero-order valence-corrected chi connectivity index (χ0v) is 11.5. The van der Waals surface area contributed by atoms with Crippen molar-refractivity contribution in [3.05, 3.63) is 23.3 Å². The van der Waals surface area contributed by atoms with Crippen molar-refractivity contribution in [2.24, 2.45) is 4.99 Å². The highest BCUT2D eigenvalue weighted by molar-refractivity contribution is 8.02. The van der Waals surface area contributed by atoms with Crippen LogP contribution >= 0.6 is 11.8 Å². The zero-order valence-electron chi connectivity index (χ0n) is 10.7. The van der Waals surface area contributed by atoms with Gasteiger partial charge in [0.15, 0.2) is 0 Å². The van der Waals surface area contributed by atoms with Crippen molar-refractivity contribution in [3.8, 4) is 0 Å². The Morgan fingerprint density at radius 3 is 2.65 bits per heavy atom. The molecular formula is C13H22N2OS. The maximum absolute atomic E-state index is 9.33. The number of nitrogens with zero attached hydrogens (tertiary/aromatic N) is 1. The fourth-order valence-electron chi connectivity index (χ4n) is 1.90. The van der Waals surface area contributed by atoms with Gasteiger partial charge in [0.25, 0.3) is 0 Å². The second-order valence-corrected chi connectivity index (χ2v) is 5.04. The summed E-state index contributed by atoms with van der Waals surface area (Å²) in [5, 5.41) is 13.4. The van der Waals surface area contributed by atoms with Crippen LogP contribution in [0.5, 0.6) is 0 Å². The number of aliphatic hydroxyl groups excluding tert-OH is 1. The van der Waals surface area contributed by atoms with Gasteiger partial charge in [-0.3, -0.25) is 4.99 Å². The van der Waals surface area contributed by atoms with E-state index in [2.05, 4.69) is 11.9 Å². The molecule has 4 heteroatoms. The average Bonchev–Trinajstić information content (AvgIpc) is 2.83. The fraction of sp³-hybridized carbons (Fsp3) is 0.615. The van der Waals surface area contributed by atoms with E-state index in [9.17, 15) is 5.11 Å². The third-order valence-corrected chi connectivity index (χ3v) is 3.56. The van der Waals surface area contributed by atoms with Gasteiger partial charge < -0.3 is 10.4 Å². The van der Waals surface area contributed by atoms with Gasteiger partial charge in [0.05, 0.1) is 17.7 Å². The van der Waals surface area contributed by atoms with Gasteiger partial charge in [-0.1, -0.05) is 25.5 Å². The lowest BCUT2D eigenvalue weighted by molar-refractivity contribution is 0.336. The van der Waals surface area contributed by atoms with Crippen LogP contribution in [-0.4, -0.2) is 29.8 Å². The van der Waals surface area contributed by atoms with Crippen LogP contribution in [0.3, 0.4) is 0 Å². The molecule has 3 nitrogen and oxygen atoms in total. The molecule has 0 saturated heterocycles. The van der Waals surface area contributed by atoms with Gasteiger partial charge in [-0.15, -0.1) is 11.8 Å². The predicted octanol–water partition coefficient (Wildman–Crippen LogP) is 2.69. The fourth-order valence-corrected chi connectivity index (χ4v) is 2.10. The van der Waals surface area contributed by atoms with Gasteiger partial charge in [-0.25, -0.2) is 0 Å². The minimum Gasteiger partial charge on any atom is -0.392 e. The van der Waals surface area contributed by atoms with Crippen molar-refractivity contribution in [3.63, 3.8) is 0 Å². The minimum atomic E-state index is 0.0106. The van der Waals surface area contributed by atoms with Crippen LogP contribution in [0, 0.1) is 0 Å². The largest absolute Gasteiger partial charge is 0.392 e. The van der Waals surface area contributed by atoms with E-state index in [-0.39, 0.29) is 6.61 Å². The molecule has 1 fully saturated rings. The summed E-state index contributed by atoms with van der Waals surface area (Å²) in [7, 11) is 0. The van der Waals surface area contributed by atoms with Crippen LogP contribution in [0.1, 0.15) is 32.6 Å². The summed E-state index contributed by atoms with van der Waals surface area (Å²) >= 11 is 1.55. The van der Waals surface area contributed by atoms with E-state index in [1.807, 2.05) is 19.3 Å². The lowest BCUT2D eigenvalue weighted by Crippen LogP contribution is -2.26. The first kappa shape index (κ1) is 14.3. The molecule has 0 bridgehead atoms. The van der Waals surface area contributed by atoms with Crippen molar-refractivity contribution in [2.45, 2.75) is 38.6 Å². The van der Waals surface area contributed by atoms with Crippen molar-refractivity contribution in [1.29, 1.82) is 0 Å². The molecule has 1 aliphatic rings. The molecule has 0 aromatic heterocycles. The molecule has 0 aliphatic heterocycles. The zero-order chi connectivity index (χ0) is 12.7. The van der Waals surface area contributed by atoms with Crippen LogP contribution in [-0.2, 0) is 0 Å². The third-order valence-electron chi connectivity index (χ3n) is 2.96. The van der Waals surface area contributed by atoms with Crippen LogP contribution in [0.4, 0.5) is 0 Å². The first-order valence-corrected chi connectivity index (χ1v) is 7.27. The Hall–Kier alpha value is -0.740. The molecule has 1 rings (SSSR count). The summed E-state index contributed by atoms with van der Waals surface area (Å²) < 4.78 is 0. The van der Waals surface area contributed by atoms with Gasteiger partial charge in [0, 0.05) is 5.57 Å². The standard InChI is InChI=1S/C13H22N2OS/c1-4-11(9-16)13(14-10(2)17-3)15-12-7-5-6-8-12/h4,12,16H,2,5-9H2,1,3H3,(H,14,15)/b11-4-. The summed E-state index contributed by atoms with van der Waals surface area (Å²) in [5.41, 5.74) is 0.840. The van der Waals surface area contributed by atoms with E-state index in [1.54, 1.807) is 11.8 Å². The normalized spacial score (nSPS) is 18.5. The highest BCUT2D eigenvalue weighted by atomic mass is 32.2. The molecular weight excluding hydrogens is 232 g/mol. The Morgan fingerprint density at radius 1 is 1.53 bits per heavy atom. The maximum atomic E-state index is 9.33. The molecule has 1 aliphatic carbocycles. The number of rotatable bonds is 5. The van der Waals surface area contributed by atoms with Crippen LogP contribution in [0.15, 0.2) is 28.2 Å². The van der Waals surface area contributed by atoms with E-state index >= 15 is 0 Å². The molecule has 1 saturated carbocycles.